The van der Waals surface area contributed by atoms with E-state index in [1.807, 2.05) is 25.1 Å². The van der Waals surface area contributed by atoms with E-state index in [-0.39, 0.29) is 11.9 Å². The quantitative estimate of drug-likeness (QED) is 0.598. The molecule has 1 aliphatic rings. The molecule has 0 spiro atoms. The summed E-state index contributed by atoms with van der Waals surface area (Å²) in [6.07, 6.45) is 0. The molecule has 172 valence electrons. The van der Waals surface area contributed by atoms with Gasteiger partial charge in [-0.3, -0.25) is 9.69 Å². The number of methoxy groups -OCH3 is 2. The zero-order valence-electron chi connectivity index (χ0n) is 18.8. The third kappa shape index (κ3) is 5.77. The van der Waals surface area contributed by atoms with Gasteiger partial charge in [-0.1, -0.05) is 6.07 Å². The summed E-state index contributed by atoms with van der Waals surface area (Å²) in [5.74, 6) is 0.702. The van der Waals surface area contributed by atoms with Crippen LogP contribution in [0.5, 0.6) is 11.5 Å². The highest BCUT2D eigenvalue weighted by molar-refractivity contribution is 5.96. The normalized spacial score (nSPS) is 15.0. The number of carbonyl (C=O) groups excluding carboxylic acids is 2. The fourth-order valence-corrected chi connectivity index (χ4v) is 3.68. The minimum absolute atomic E-state index is 0.0539. The predicted molar refractivity (Wildman–Crippen MR) is 119 cm³/mol. The lowest BCUT2D eigenvalue weighted by Crippen LogP contribution is -2.43. The van der Waals surface area contributed by atoms with Crippen LogP contribution in [0.25, 0.3) is 0 Å². The zero-order chi connectivity index (χ0) is 22.9. The summed E-state index contributed by atoms with van der Waals surface area (Å²) in [5, 5.41) is 3.03. The summed E-state index contributed by atoms with van der Waals surface area (Å²) < 4.78 is 21.4. The number of nitrogens with zero attached hydrogens (tertiary/aromatic N) is 1. The van der Waals surface area contributed by atoms with Crippen LogP contribution in [0.15, 0.2) is 42.5 Å². The maximum atomic E-state index is 12.8. The van der Waals surface area contributed by atoms with Crippen LogP contribution in [0, 0.1) is 0 Å². The van der Waals surface area contributed by atoms with Crippen molar-refractivity contribution in [1.29, 1.82) is 0 Å². The van der Waals surface area contributed by atoms with Gasteiger partial charge in [-0.05, 0) is 48.9 Å². The third-order valence-corrected chi connectivity index (χ3v) is 5.38. The van der Waals surface area contributed by atoms with Gasteiger partial charge >= 0.3 is 5.97 Å². The van der Waals surface area contributed by atoms with E-state index in [1.165, 1.54) is 7.11 Å². The summed E-state index contributed by atoms with van der Waals surface area (Å²) in [7, 11) is 2.94. The van der Waals surface area contributed by atoms with Crippen molar-refractivity contribution in [3.63, 3.8) is 0 Å². The van der Waals surface area contributed by atoms with E-state index >= 15 is 0 Å². The van der Waals surface area contributed by atoms with Crippen molar-refractivity contribution in [3.8, 4) is 11.5 Å². The van der Waals surface area contributed by atoms with Crippen molar-refractivity contribution in [3.05, 3.63) is 59.2 Å². The number of amides is 1. The Bertz CT molecular complexity index is 909. The molecule has 3 rings (SSSR count). The van der Waals surface area contributed by atoms with Gasteiger partial charge < -0.3 is 24.3 Å². The molecule has 1 heterocycles. The molecule has 0 aliphatic carbocycles. The summed E-state index contributed by atoms with van der Waals surface area (Å²) in [5.41, 5.74) is 1.90. The number of hydrogen-bond donors (Lipinski definition) is 1. The topological polar surface area (TPSA) is 86.3 Å². The number of carbonyl (C=O) groups is 2. The van der Waals surface area contributed by atoms with E-state index in [0.717, 1.165) is 18.7 Å². The molecule has 32 heavy (non-hydrogen) atoms. The van der Waals surface area contributed by atoms with Crippen LogP contribution in [0.2, 0.25) is 0 Å². The summed E-state index contributed by atoms with van der Waals surface area (Å²) in [6, 6.07) is 12.2. The Kier molecular flexibility index (Phi) is 8.47. The Labute approximate surface area is 188 Å². The molecule has 0 radical (unpaired) electrons. The van der Waals surface area contributed by atoms with Crippen LogP contribution < -0.4 is 14.8 Å². The molecule has 1 N–H and O–H groups in total. The number of rotatable bonds is 9. The number of ether oxygens (including phenoxy) is 4. The minimum Gasteiger partial charge on any atom is -0.493 e. The maximum Gasteiger partial charge on any atom is 0.337 e. The molecule has 2 aromatic carbocycles. The maximum absolute atomic E-state index is 12.8. The number of hydrogen-bond acceptors (Lipinski definition) is 7. The Hall–Kier alpha value is -3.10. The average molecular weight is 443 g/mol. The number of esters is 1. The monoisotopic (exact) mass is 442 g/mol. The molecule has 1 amide bonds. The van der Waals surface area contributed by atoms with E-state index < -0.39 is 5.97 Å². The molecule has 1 saturated heterocycles. The van der Waals surface area contributed by atoms with Gasteiger partial charge in [0.05, 0.1) is 45.6 Å². The average Bonchev–Trinajstić information content (AvgIpc) is 2.85. The second kappa shape index (κ2) is 11.5. The molecule has 0 aromatic heterocycles. The third-order valence-electron chi connectivity index (χ3n) is 5.38. The van der Waals surface area contributed by atoms with Gasteiger partial charge in [-0.2, -0.15) is 0 Å². The Balaban J connectivity index is 1.76. The minimum atomic E-state index is -0.436. The van der Waals surface area contributed by atoms with Gasteiger partial charge in [0.1, 0.15) is 0 Å². The van der Waals surface area contributed by atoms with E-state index in [4.69, 9.17) is 18.9 Å². The lowest BCUT2D eigenvalue weighted by molar-refractivity contribution is 0.0162. The van der Waals surface area contributed by atoms with Gasteiger partial charge in [0.15, 0.2) is 11.5 Å². The second-order valence-electron chi connectivity index (χ2n) is 7.29. The molecular weight excluding hydrogens is 412 g/mol. The molecule has 8 nitrogen and oxygen atoms in total. The van der Waals surface area contributed by atoms with Gasteiger partial charge in [0, 0.05) is 25.2 Å². The van der Waals surface area contributed by atoms with Crippen molar-refractivity contribution in [2.75, 3.05) is 53.7 Å². The van der Waals surface area contributed by atoms with Crippen LogP contribution in [0.1, 0.15) is 39.2 Å². The highest BCUT2D eigenvalue weighted by Gasteiger charge is 2.24. The van der Waals surface area contributed by atoms with E-state index in [9.17, 15) is 9.59 Å². The van der Waals surface area contributed by atoms with Crippen LogP contribution in [-0.2, 0) is 9.47 Å². The Morgan fingerprint density at radius 2 is 1.72 bits per heavy atom. The Morgan fingerprint density at radius 3 is 2.34 bits per heavy atom. The molecule has 1 fully saturated rings. The number of morpholine rings is 1. The van der Waals surface area contributed by atoms with Crippen molar-refractivity contribution in [2.24, 2.45) is 0 Å². The largest absolute Gasteiger partial charge is 0.493 e. The SMILES string of the molecule is CCOc1ccc(C(CNC(=O)c2ccc(C(=O)OC)cc2)N2CCOCC2)cc1OC. The first kappa shape index (κ1) is 23.6. The summed E-state index contributed by atoms with van der Waals surface area (Å²) in [6.45, 7) is 5.72. The first-order valence-corrected chi connectivity index (χ1v) is 10.7. The summed E-state index contributed by atoms with van der Waals surface area (Å²) in [4.78, 5) is 26.7. The molecule has 1 aliphatic heterocycles. The standard InChI is InChI=1S/C24H30N2O6/c1-4-32-21-10-9-19(15-22(21)29-2)20(26-11-13-31-14-12-26)16-25-23(27)17-5-7-18(8-6-17)24(28)30-3/h5-10,15,20H,4,11-14,16H2,1-3H3,(H,25,27). The predicted octanol–water partition coefficient (Wildman–Crippen LogP) is 2.68. The van der Waals surface area contributed by atoms with Crippen molar-refractivity contribution in [1.82, 2.24) is 10.2 Å². The highest BCUT2D eigenvalue weighted by Crippen LogP contribution is 2.32. The van der Waals surface area contributed by atoms with Gasteiger partial charge in [-0.15, -0.1) is 0 Å². The fourth-order valence-electron chi connectivity index (χ4n) is 3.68. The lowest BCUT2D eigenvalue weighted by Gasteiger charge is -2.35. The van der Waals surface area contributed by atoms with Crippen molar-refractivity contribution in [2.45, 2.75) is 13.0 Å². The molecule has 2 aromatic rings. The van der Waals surface area contributed by atoms with Gasteiger partial charge in [0.25, 0.3) is 5.91 Å². The van der Waals surface area contributed by atoms with E-state index in [0.29, 0.717) is 49.0 Å². The molecule has 1 unspecified atom stereocenters. The highest BCUT2D eigenvalue weighted by atomic mass is 16.5. The molecule has 8 heteroatoms. The van der Waals surface area contributed by atoms with Crippen LogP contribution >= 0.6 is 0 Å². The van der Waals surface area contributed by atoms with E-state index in [2.05, 4.69) is 10.2 Å². The van der Waals surface area contributed by atoms with Gasteiger partial charge in [0.2, 0.25) is 0 Å². The summed E-state index contributed by atoms with van der Waals surface area (Å²) >= 11 is 0. The smallest absolute Gasteiger partial charge is 0.337 e. The zero-order valence-corrected chi connectivity index (χ0v) is 18.8. The first-order valence-electron chi connectivity index (χ1n) is 10.7. The van der Waals surface area contributed by atoms with Crippen molar-refractivity contribution >= 4 is 11.9 Å². The molecular formula is C24H30N2O6. The van der Waals surface area contributed by atoms with Gasteiger partial charge in [-0.25, -0.2) is 4.79 Å². The Morgan fingerprint density at radius 1 is 1.03 bits per heavy atom. The van der Waals surface area contributed by atoms with Crippen molar-refractivity contribution < 1.29 is 28.5 Å². The molecule has 0 saturated carbocycles. The number of nitrogens with one attached hydrogen (secondary N) is 1. The van der Waals surface area contributed by atoms with Crippen LogP contribution in [0.4, 0.5) is 0 Å². The number of benzene rings is 2. The lowest BCUT2D eigenvalue weighted by atomic mass is 10.0. The van der Waals surface area contributed by atoms with Crippen LogP contribution in [0.3, 0.4) is 0 Å². The molecule has 1 atom stereocenters. The second-order valence-corrected chi connectivity index (χ2v) is 7.29. The van der Waals surface area contributed by atoms with Crippen LogP contribution in [-0.4, -0.2) is 70.5 Å². The van der Waals surface area contributed by atoms with E-state index in [1.54, 1.807) is 31.4 Å². The molecule has 0 bridgehead atoms. The first-order chi connectivity index (χ1) is 15.6. The fraction of sp³-hybridized carbons (Fsp3) is 0.417.